The highest BCUT2D eigenvalue weighted by atomic mass is 16.5. The molecule has 0 radical (unpaired) electrons. The quantitative estimate of drug-likeness (QED) is 0.841. The van der Waals surface area contributed by atoms with Gasteiger partial charge in [-0.25, -0.2) is 9.97 Å². The van der Waals surface area contributed by atoms with Gasteiger partial charge in [-0.1, -0.05) is 6.07 Å². The van der Waals surface area contributed by atoms with Crippen molar-refractivity contribution in [1.82, 2.24) is 19.9 Å². The molecule has 4 heterocycles. The summed E-state index contributed by atoms with van der Waals surface area (Å²) in [5.41, 5.74) is 0.781. The third kappa shape index (κ3) is 2.90. The number of rotatable bonds is 4. The Bertz CT molecular complexity index is 769. The van der Waals surface area contributed by atoms with Crippen LogP contribution in [0, 0.1) is 5.41 Å². The van der Waals surface area contributed by atoms with Crippen molar-refractivity contribution < 1.29 is 9.53 Å². The van der Waals surface area contributed by atoms with Crippen LogP contribution in [0.3, 0.4) is 0 Å². The van der Waals surface area contributed by atoms with E-state index in [4.69, 9.17) is 4.74 Å². The van der Waals surface area contributed by atoms with E-state index < -0.39 is 0 Å². The van der Waals surface area contributed by atoms with Gasteiger partial charge in [0.1, 0.15) is 12.1 Å². The normalized spacial score (nSPS) is 22.8. The lowest BCUT2D eigenvalue weighted by molar-refractivity contribution is -0.135. The van der Waals surface area contributed by atoms with Crippen LogP contribution in [0.15, 0.2) is 36.9 Å². The summed E-state index contributed by atoms with van der Waals surface area (Å²) < 4.78 is 5.18. The first-order valence-electron chi connectivity index (χ1n) is 8.49. The van der Waals surface area contributed by atoms with Gasteiger partial charge in [-0.05, 0) is 24.5 Å². The molecule has 0 aliphatic carbocycles. The van der Waals surface area contributed by atoms with Crippen LogP contribution in [0.2, 0.25) is 0 Å². The highest BCUT2D eigenvalue weighted by Gasteiger charge is 2.50. The third-order valence-corrected chi connectivity index (χ3v) is 5.21. The summed E-state index contributed by atoms with van der Waals surface area (Å²) in [7, 11) is 1.59. The minimum atomic E-state index is -0.291. The Labute approximate surface area is 146 Å². The van der Waals surface area contributed by atoms with E-state index in [1.165, 1.54) is 6.33 Å². The minimum Gasteiger partial charge on any atom is -0.481 e. The number of methoxy groups -OCH3 is 1. The molecule has 0 bridgehead atoms. The van der Waals surface area contributed by atoms with E-state index in [1.807, 2.05) is 29.3 Å². The fourth-order valence-corrected chi connectivity index (χ4v) is 3.82. The molecule has 130 valence electrons. The standard InChI is InChI=1S/C18H21N5O2/c1-25-16-9-15(20-13-21-16)23-8-5-18(12-23)4-7-22(17(18)24)11-14-3-2-6-19-10-14/h2-3,6,9-10,13H,4-5,7-8,11-12H2,1H3/t18-/m1/s1. The summed E-state index contributed by atoms with van der Waals surface area (Å²) >= 11 is 0. The van der Waals surface area contributed by atoms with E-state index in [0.717, 1.165) is 37.3 Å². The SMILES string of the molecule is COc1cc(N2CC[C@]3(CCN(Cc4cccnc4)C3=O)C2)ncn1. The molecule has 0 unspecified atom stereocenters. The van der Waals surface area contributed by atoms with E-state index in [0.29, 0.717) is 19.0 Å². The molecule has 2 aromatic heterocycles. The first kappa shape index (κ1) is 15.8. The maximum Gasteiger partial charge on any atom is 0.231 e. The number of carbonyl (C=O) groups excluding carboxylic acids is 1. The van der Waals surface area contributed by atoms with Crippen molar-refractivity contribution in [3.05, 3.63) is 42.5 Å². The highest BCUT2D eigenvalue weighted by molar-refractivity contribution is 5.86. The highest BCUT2D eigenvalue weighted by Crippen LogP contribution is 2.42. The minimum absolute atomic E-state index is 0.250. The number of ether oxygens (including phenoxy) is 1. The number of amides is 1. The summed E-state index contributed by atoms with van der Waals surface area (Å²) in [6, 6.07) is 5.75. The molecule has 2 saturated heterocycles. The zero-order valence-electron chi connectivity index (χ0n) is 14.3. The maximum absolute atomic E-state index is 13.1. The molecule has 1 spiro atoms. The summed E-state index contributed by atoms with van der Waals surface area (Å²) in [5.74, 6) is 1.61. The van der Waals surface area contributed by atoms with Crippen LogP contribution in [0.25, 0.3) is 0 Å². The zero-order valence-corrected chi connectivity index (χ0v) is 14.3. The van der Waals surface area contributed by atoms with E-state index in [-0.39, 0.29) is 11.3 Å². The average Bonchev–Trinajstić information content (AvgIpc) is 3.23. The van der Waals surface area contributed by atoms with Crippen molar-refractivity contribution in [2.75, 3.05) is 31.6 Å². The fraction of sp³-hybridized carbons (Fsp3) is 0.444. The predicted octanol–water partition coefficient (Wildman–Crippen LogP) is 1.51. The van der Waals surface area contributed by atoms with Crippen molar-refractivity contribution in [3.63, 3.8) is 0 Å². The van der Waals surface area contributed by atoms with Gasteiger partial charge in [-0.15, -0.1) is 0 Å². The van der Waals surface area contributed by atoms with Crippen LogP contribution >= 0.6 is 0 Å². The Balaban J connectivity index is 1.47. The van der Waals surface area contributed by atoms with E-state index in [1.54, 1.807) is 13.3 Å². The molecule has 0 aromatic carbocycles. The van der Waals surface area contributed by atoms with Gasteiger partial charge < -0.3 is 14.5 Å². The number of hydrogen-bond acceptors (Lipinski definition) is 6. The second-order valence-corrected chi connectivity index (χ2v) is 6.71. The first-order chi connectivity index (χ1) is 12.2. The second-order valence-electron chi connectivity index (χ2n) is 6.71. The number of pyridine rings is 1. The van der Waals surface area contributed by atoms with E-state index >= 15 is 0 Å². The van der Waals surface area contributed by atoms with Gasteiger partial charge in [0.15, 0.2) is 0 Å². The van der Waals surface area contributed by atoms with Crippen LogP contribution in [-0.4, -0.2) is 52.5 Å². The Morgan fingerprint density at radius 1 is 1.28 bits per heavy atom. The molecule has 1 atom stereocenters. The lowest BCUT2D eigenvalue weighted by Gasteiger charge is -2.24. The number of aromatic nitrogens is 3. The van der Waals surface area contributed by atoms with Gasteiger partial charge in [-0.2, -0.15) is 0 Å². The van der Waals surface area contributed by atoms with Gasteiger partial charge in [0.05, 0.1) is 12.5 Å². The fourth-order valence-electron chi connectivity index (χ4n) is 3.82. The molecular weight excluding hydrogens is 318 g/mol. The van der Waals surface area contributed by atoms with Crippen LogP contribution in [0.1, 0.15) is 18.4 Å². The van der Waals surface area contributed by atoms with Gasteiger partial charge in [0.2, 0.25) is 11.8 Å². The third-order valence-electron chi connectivity index (χ3n) is 5.21. The van der Waals surface area contributed by atoms with E-state index in [9.17, 15) is 4.79 Å². The first-order valence-corrected chi connectivity index (χ1v) is 8.49. The van der Waals surface area contributed by atoms with Gasteiger partial charge in [-0.3, -0.25) is 9.78 Å². The van der Waals surface area contributed by atoms with Crippen molar-refractivity contribution in [1.29, 1.82) is 0 Å². The number of likely N-dealkylation sites (tertiary alicyclic amines) is 1. The molecule has 25 heavy (non-hydrogen) atoms. The number of hydrogen-bond donors (Lipinski definition) is 0. The Morgan fingerprint density at radius 3 is 2.96 bits per heavy atom. The molecule has 2 aliphatic heterocycles. The summed E-state index contributed by atoms with van der Waals surface area (Å²) in [6.45, 7) is 2.96. The summed E-state index contributed by atoms with van der Waals surface area (Å²) in [4.78, 5) is 29.7. The molecule has 4 rings (SSSR count). The monoisotopic (exact) mass is 339 g/mol. The molecule has 0 N–H and O–H groups in total. The van der Waals surface area contributed by atoms with Crippen LogP contribution in [0.4, 0.5) is 5.82 Å². The molecule has 0 saturated carbocycles. The smallest absolute Gasteiger partial charge is 0.231 e. The largest absolute Gasteiger partial charge is 0.481 e. The predicted molar refractivity (Wildman–Crippen MR) is 92.1 cm³/mol. The molecule has 7 heteroatoms. The van der Waals surface area contributed by atoms with Crippen molar-refractivity contribution >= 4 is 11.7 Å². The van der Waals surface area contributed by atoms with Gasteiger partial charge >= 0.3 is 0 Å². The zero-order chi connectivity index (χ0) is 17.3. The molecule has 1 amide bonds. The molecule has 7 nitrogen and oxygen atoms in total. The maximum atomic E-state index is 13.1. The number of carbonyl (C=O) groups is 1. The van der Waals surface area contributed by atoms with Gasteiger partial charge in [0, 0.05) is 44.6 Å². The average molecular weight is 339 g/mol. The lowest BCUT2D eigenvalue weighted by atomic mass is 9.85. The van der Waals surface area contributed by atoms with Crippen molar-refractivity contribution in [2.45, 2.75) is 19.4 Å². The van der Waals surface area contributed by atoms with E-state index in [2.05, 4.69) is 19.9 Å². The summed E-state index contributed by atoms with van der Waals surface area (Å²) in [6.07, 6.45) is 6.84. The van der Waals surface area contributed by atoms with Crippen molar-refractivity contribution in [2.24, 2.45) is 5.41 Å². The Kier molecular flexibility index (Phi) is 3.99. The second kappa shape index (κ2) is 6.31. The number of anilines is 1. The van der Waals surface area contributed by atoms with Crippen LogP contribution < -0.4 is 9.64 Å². The lowest BCUT2D eigenvalue weighted by Crippen LogP contribution is -2.36. The molecular formula is C18H21N5O2. The Hall–Kier alpha value is -2.70. The molecule has 2 fully saturated rings. The molecule has 2 aliphatic rings. The Morgan fingerprint density at radius 2 is 2.16 bits per heavy atom. The van der Waals surface area contributed by atoms with Gasteiger partial charge in [0.25, 0.3) is 0 Å². The van der Waals surface area contributed by atoms with Crippen molar-refractivity contribution in [3.8, 4) is 5.88 Å². The van der Waals surface area contributed by atoms with Crippen LogP contribution in [-0.2, 0) is 11.3 Å². The number of nitrogens with zero attached hydrogens (tertiary/aromatic N) is 5. The summed E-state index contributed by atoms with van der Waals surface area (Å²) in [5, 5.41) is 0. The molecule has 2 aromatic rings. The van der Waals surface area contributed by atoms with Crippen LogP contribution in [0.5, 0.6) is 5.88 Å². The topological polar surface area (TPSA) is 71.5 Å².